The summed E-state index contributed by atoms with van der Waals surface area (Å²) in [5.74, 6) is -0.394. The molecule has 4 aromatic rings. The molecule has 0 aliphatic heterocycles. The van der Waals surface area contributed by atoms with Gasteiger partial charge in [-0.1, -0.05) is 30.3 Å². The number of fused-ring (bicyclic) bond motifs is 3. The van der Waals surface area contributed by atoms with Crippen molar-refractivity contribution in [3.63, 3.8) is 0 Å². The third kappa shape index (κ3) is 4.08. The zero-order valence-electron chi connectivity index (χ0n) is 18.7. The van der Waals surface area contributed by atoms with Crippen LogP contribution in [0, 0.1) is 13.8 Å². The van der Waals surface area contributed by atoms with Crippen LogP contribution in [0.4, 0.5) is 11.4 Å². The van der Waals surface area contributed by atoms with Gasteiger partial charge in [0.1, 0.15) is 6.54 Å². The van der Waals surface area contributed by atoms with Gasteiger partial charge in [0.15, 0.2) is 0 Å². The number of nitrogens with zero attached hydrogens (tertiary/aromatic N) is 2. The average molecular weight is 450 g/mol. The number of aromatic nitrogens is 1. The van der Waals surface area contributed by atoms with Crippen LogP contribution in [0.15, 0.2) is 60.7 Å². The molecule has 32 heavy (non-hydrogen) atoms. The Labute approximate surface area is 188 Å². The predicted octanol–water partition coefficient (Wildman–Crippen LogP) is 4.84. The van der Waals surface area contributed by atoms with Crippen LogP contribution >= 0.6 is 0 Å². The molecule has 4 rings (SSSR count). The summed E-state index contributed by atoms with van der Waals surface area (Å²) in [6.07, 6.45) is 1.12. The molecule has 1 N–H and O–H groups in total. The van der Waals surface area contributed by atoms with Gasteiger partial charge in [0.2, 0.25) is 15.9 Å². The van der Waals surface area contributed by atoms with Crippen LogP contribution in [0.5, 0.6) is 0 Å². The number of nitrogens with one attached hydrogen (secondary N) is 1. The molecule has 0 atom stereocenters. The molecular weight excluding hydrogens is 422 g/mol. The number of hydrogen-bond donors (Lipinski definition) is 1. The summed E-state index contributed by atoms with van der Waals surface area (Å²) in [4.78, 5) is 12.9. The van der Waals surface area contributed by atoms with Gasteiger partial charge in [-0.3, -0.25) is 9.10 Å². The van der Waals surface area contributed by atoms with E-state index in [1.54, 1.807) is 6.07 Å². The van der Waals surface area contributed by atoms with Crippen molar-refractivity contribution >= 4 is 49.1 Å². The number of rotatable bonds is 6. The Morgan fingerprint density at radius 2 is 1.69 bits per heavy atom. The first-order chi connectivity index (χ1) is 15.2. The van der Waals surface area contributed by atoms with Gasteiger partial charge >= 0.3 is 0 Å². The SMILES string of the molecule is CCn1c2ccccc2c2cc(NC(=O)CN(c3cc(C)ccc3C)S(C)(=O)=O)ccc21. The molecule has 1 aromatic heterocycles. The lowest BCUT2D eigenvalue weighted by atomic mass is 10.1. The number of carbonyl (C=O) groups is 1. The standard InChI is InChI=1S/C25H27N3O3S/c1-5-27-22-9-7-6-8-20(22)21-15-19(12-13-23(21)27)26-25(29)16-28(32(4,30)31)24-14-17(2)10-11-18(24)3/h6-15H,5,16H2,1-4H3,(H,26,29). The fraction of sp³-hybridized carbons (Fsp3) is 0.240. The molecule has 1 heterocycles. The van der Waals surface area contributed by atoms with Crippen LogP contribution < -0.4 is 9.62 Å². The second-order valence-electron chi connectivity index (χ2n) is 8.10. The third-order valence-corrected chi connectivity index (χ3v) is 6.82. The Morgan fingerprint density at radius 1 is 0.969 bits per heavy atom. The maximum atomic E-state index is 12.9. The third-order valence-electron chi connectivity index (χ3n) is 5.69. The van der Waals surface area contributed by atoms with Gasteiger partial charge in [-0.25, -0.2) is 8.42 Å². The van der Waals surface area contributed by atoms with Crippen LogP contribution in [0.25, 0.3) is 21.8 Å². The Kier molecular flexibility index (Phi) is 5.69. The summed E-state index contributed by atoms with van der Waals surface area (Å²) in [7, 11) is -3.64. The minimum Gasteiger partial charge on any atom is -0.341 e. The molecule has 0 bridgehead atoms. The Morgan fingerprint density at radius 3 is 2.41 bits per heavy atom. The largest absolute Gasteiger partial charge is 0.341 e. The van der Waals surface area contributed by atoms with E-state index < -0.39 is 15.9 Å². The number of hydrogen-bond acceptors (Lipinski definition) is 3. The van der Waals surface area contributed by atoms with E-state index in [0.717, 1.165) is 50.0 Å². The molecule has 166 valence electrons. The van der Waals surface area contributed by atoms with Crippen LogP contribution in [-0.4, -0.2) is 31.7 Å². The number of aryl methyl sites for hydroxylation is 3. The molecule has 0 saturated heterocycles. The normalized spacial score (nSPS) is 11.8. The number of carbonyl (C=O) groups excluding carboxylic acids is 1. The molecule has 1 amide bonds. The lowest BCUT2D eigenvalue weighted by molar-refractivity contribution is -0.114. The monoisotopic (exact) mass is 449 g/mol. The van der Waals surface area contributed by atoms with Crippen molar-refractivity contribution in [1.82, 2.24) is 4.57 Å². The van der Waals surface area contributed by atoms with Gasteiger partial charge in [0.25, 0.3) is 0 Å². The van der Waals surface area contributed by atoms with Gasteiger partial charge in [-0.15, -0.1) is 0 Å². The summed E-state index contributed by atoms with van der Waals surface area (Å²) < 4.78 is 28.4. The summed E-state index contributed by atoms with van der Waals surface area (Å²) in [6.45, 7) is 6.38. The number of benzene rings is 3. The molecule has 0 saturated carbocycles. The van der Waals surface area contributed by atoms with Gasteiger partial charge in [0.05, 0.1) is 11.9 Å². The highest BCUT2D eigenvalue weighted by atomic mass is 32.2. The van der Waals surface area contributed by atoms with Crippen molar-refractivity contribution < 1.29 is 13.2 Å². The predicted molar refractivity (Wildman–Crippen MR) is 132 cm³/mol. The molecule has 0 radical (unpaired) electrons. The van der Waals surface area contributed by atoms with E-state index in [0.29, 0.717) is 11.4 Å². The second kappa shape index (κ2) is 8.31. The topological polar surface area (TPSA) is 71.4 Å². The molecule has 0 fully saturated rings. The maximum absolute atomic E-state index is 12.9. The zero-order chi connectivity index (χ0) is 23.0. The first kappa shape index (κ1) is 21.9. The smallest absolute Gasteiger partial charge is 0.245 e. The van der Waals surface area contributed by atoms with E-state index >= 15 is 0 Å². The van der Waals surface area contributed by atoms with E-state index in [9.17, 15) is 13.2 Å². The lowest BCUT2D eigenvalue weighted by Crippen LogP contribution is -2.37. The number of para-hydroxylation sites is 1. The molecule has 6 nitrogen and oxygen atoms in total. The molecule has 7 heteroatoms. The van der Waals surface area contributed by atoms with E-state index in [-0.39, 0.29) is 6.54 Å². The Bertz CT molecular complexity index is 1440. The van der Waals surface area contributed by atoms with Crippen molar-refractivity contribution in [2.45, 2.75) is 27.3 Å². The molecule has 0 aliphatic carbocycles. The highest BCUT2D eigenvalue weighted by Crippen LogP contribution is 2.31. The highest BCUT2D eigenvalue weighted by Gasteiger charge is 2.23. The van der Waals surface area contributed by atoms with Gasteiger partial charge in [-0.05, 0) is 62.2 Å². The van der Waals surface area contributed by atoms with Crippen LogP contribution in [0.2, 0.25) is 0 Å². The molecule has 0 unspecified atom stereocenters. The summed E-state index contributed by atoms with van der Waals surface area (Å²) in [6, 6.07) is 19.5. The average Bonchev–Trinajstić information content (AvgIpc) is 3.06. The fourth-order valence-electron chi connectivity index (χ4n) is 4.17. The van der Waals surface area contributed by atoms with Crippen molar-refractivity contribution in [2.24, 2.45) is 0 Å². The first-order valence-electron chi connectivity index (χ1n) is 10.5. The van der Waals surface area contributed by atoms with Crippen LogP contribution in [0.3, 0.4) is 0 Å². The fourth-order valence-corrected chi connectivity index (χ4v) is 5.08. The van der Waals surface area contributed by atoms with Crippen molar-refractivity contribution in [2.75, 3.05) is 22.4 Å². The number of anilines is 2. The van der Waals surface area contributed by atoms with E-state index in [2.05, 4.69) is 28.9 Å². The second-order valence-corrected chi connectivity index (χ2v) is 10.0. The van der Waals surface area contributed by atoms with Crippen LogP contribution in [-0.2, 0) is 21.4 Å². The lowest BCUT2D eigenvalue weighted by Gasteiger charge is -2.24. The van der Waals surface area contributed by atoms with E-state index in [4.69, 9.17) is 0 Å². The first-order valence-corrected chi connectivity index (χ1v) is 12.4. The minimum atomic E-state index is -3.64. The highest BCUT2D eigenvalue weighted by molar-refractivity contribution is 7.92. The maximum Gasteiger partial charge on any atom is 0.245 e. The van der Waals surface area contributed by atoms with E-state index in [1.807, 2.05) is 56.3 Å². The molecule has 3 aromatic carbocycles. The summed E-state index contributed by atoms with van der Waals surface area (Å²) in [5, 5.41) is 5.05. The van der Waals surface area contributed by atoms with Gasteiger partial charge in [0, 0.05) is 34.0 Å². The van der Waals surface area contributed by atoms with Crippen LogP contribution in [0.1, 0.15) is 18.1 Å². The Balaban J connectivity index is 1.65. The Hall–Kier alpha value is -3.32. The number of amides is 1. The van der Waals surface area contributed by atoms with E-state index in [1.165, 1.54) is 0 Å². The van der Waals surface area contributed by atoms with Gasteiger partial charge < -0.3 is 9.88 Å². The van der Waals surface area contributed by atoms with Crippen molar-refractivity contribution in [1.29, 1.82) is 0 Å². The quantitative estimate of drug-likeness (QED) is 0.458. The van der Waals surface area contributed by atoms with Crippen molar-refractivity contribution in [3.05, 3.63) is 71.8 Å². The number of sulfonamides is 1. The van der Waals surface area contributed by atoms with Gasteiger partial charge in [-0.2, -0.15) is 0 Å². The molecular formula is C25H27N3O3S. The summed E-state index contributed by atoms with van der Waals surface area (Å²) in [5.41, 5.74) is 5.12. The summed E-state index contributed by atoms with van der Waals surface area (Å²) >= 11 is 0. The molecule has 0 aliphatic rings. The minimum absolute atomic E-state index is 0.294. The molecule has 0 spiro atoms. The van der Waals surface area contributed by atoms with Crippen molar-refractivity contribution in [3.8, 4) is 0 Å². The zero-order valence-corrected chi connectivity index (χ0v) is 19.5.